The van der Waals surface area contributed by atoms with Crippen molar-refractivity contribution in [3.05, 3.63) is 0 Å². The van der Waals surface area contributed by atoms with E-state index in [4.69, 9.17) is 28.4 Å². The number of epoxide rings is 1. The van der Waals surface area contributed by atoms with Gasteiger partial charge in [0.25, 0.3) is 0 Å². The van der Waals surface area contributed by atoms with Crippen molar-refractivity contribution < 1.29 is 47.6 Å². The fraction of sp³-hybridized carbons (Fsp3) is 0.857. The smallest absolute Gasteiger partial charge is 0.308 e. The van der Waals surface area contributed by atoms with Gasteiger partial charge in [0.1, 0.15) is 36.6 Å². The predicted molar refractivity (Wildman–Crippen MR) is 131 cm³/mol. The van der Waals surface area contributed by atoms with Gasteiger partial charge in [0.05, 0.1) is 30.0 Å². The molecule has 5 rings (SSSR count). The average Bonchev–Trinajstić information content (AvgIpc) is 3.50. The van der Waals surface area contributed by atoms with Crippen molar-refractivity contribution >= 4 is 23.9 Å². The Bertz CT molecular complexity index is 1030. The minimum Gasteiger partial charge on any atom is -0.465 e. The van der Waals surface area contributed by atoms with E-state index in [0.717, 1.165) is 19.3 Å². The summed E-state index contributed by atoms with van der Waals surface area (Å²) in [5, 5.41) is 0. The second-order valence-electron chi connectivity index (χ2n) is 12.8. The zero-order valence-corrected chi connectivity index (χ0v) is 23.3. The molecule has 10 heteroatoms. The van der Waals surface area contributed by atoms with Gasteiger partial charge in [-0.1, -0.05) is 27.2 Å². The molecule has 0 amide bonds. The molecule has 10 nitrogen and oxygen atoms in total. The number of carbonyl (C=O) groups excluding carboxylic acids is 4. The van der Waals surface area contributed by atoms with Gasteiger partial charge in [-0.15, -0.1) is 0 Å². The Hall–Kier alpha value is -2.20. The molecule has 5 aliphatic rings. The fourth-order valence-electron chi connectivity index (χ4n) is 8.27. The van der Waals surface area contributed by atoms with Crippen LogP contribution < -0.4 is 0 Å². The molecule has 0 unspecified atom stereocenters. The summed E-state index contributed by atoms with van der Waals surface area (Å²) in [5.41, 5.74) is -4.16. The number of hydrogen-bond donors (Lipinski definition) is 0. The van der Waals surface area contributed by atoms with Gasteiger partial charge in [0.2, 0.25) is 0 Å². The lowest BCUT2D eigenvalue weighted by Crippen LogP contribution is -2.78. The maximum Gasteiger partial charge on any atom is 0.308 e. The monoisotopic (exact) mass is 536 g/mol. The molecule has 8 atom stereocenters. The summed E-state index contributed by atoms with van der Waals surface area (Å²) in [6.45, 7) is 10.9. The van der Waals surface area contributed by atoms with Crippen molar-refractivity contribution in [3.63, 3.8) is 0 Å². The molecular formula is C28H40O10. The van der Waals surface area contributed by atoms with E-state index in [1.807, 2.05) is 6.92 Å². The Morgan fingerprint density at radius 2 is 1.74 bits per heavy atom. The number of ether oxygens (including phenoxy) is 6. The lowest BCUT2D eigenvalue weighted by Gasteiger charge is -2.70. The van der Waals surface area contributed by atoms with E-state index in [9.17, 15) is 19.2 Å². The van der Waals surface area contributed by atoms with Crippen molar-refractivity contribution in [2.24, 2.45) is 22.7 Å². The molecular weight excluding hydrogens is 496 g/mol. The van der Waals surface area contributed by atoms with Crippen LogP contribution in [0.25, 0.3) is 0 Å². The first-order valence-corrected chi connectivity index (χ1v) is 13.7. The highest BCUT2D eigenvalue weighted by Crippen LogP contribution is 2.72. The summed E-state index contributed by atoms with van der Waals surface area (Å²) in [5.74, 6) is -2.17. The van der Waals surface area contributed by atoms with Crippen LogP contribution >= 0.6 is 0 Å². The summed E-state index contributed by atoms with van der Waals surface area (Å²) in [6, 6.07) is 0. The highest BCUT2D eigenvalue weighted by molar-refractivity contribution is 5.73. The standard InChI is InChI=1S/C28H40O10/c1-16(2)23(32)37-21-10-24(5)25(6,20(36-18(4)30)11-26(38-24)12-22(31)34-13-26)19-8-7-9-27(14-35-27)28(19,21)15-33-17(3)29/h16,19-21H,7-15H2,1-6H3/t19-,20+,21+,24+,25+,26+,27+,28+/m1/s1. The van der Waals surface area contributed by atoms with E-state index in [1.165, 1.54) is 13.8 Å². The molecule has 2 aliphatic carbocycles. The van der Waals surface area contributed by atoms with Gasteiger partial charge in [0.15, 0.2) is 0 Å². The highest BCUT2D eigenvalue weighted by Gasteiger charge is 2.81. The summed E-state index contributed by atoms with van der Waals surface area (Å²) < 4.78 is 36.6. The first-order chi connectivity index (χ1) is 17.7. The van der Waals surface area contributed by atoms with Crippen molar-refractivity contribution in [3.8, 4) is 0 Å². The lowest BCUT2D eigenvalue weighted by molar-refractivity contribution is -0.351. The zero-order chi connectivity index (χ0) is 27.7. The molecule has 0 aromatic carbocycles. The molecule has 0 aromatic rings. The van der Waals surface area contributed by atoms with Crippen LogP contribution in [-0.2, 0) is 47.6 Å². The van der Waals surface area contributed by atoms with E-state index in [1.54, 1.807) is 13.8 Å². The third kappa shape index (κ3) is 3.88. The third-order valence-corrected chi connectivity index (χ3v) is 10.2. The Morgan fingerprint density at radius 1 is 1.03 bits per heavy atom. The van der Waals surface area contributed by atoms with Gasteiger partial charge in [-0.3, -0.25) is 19.2 Å². The molecule has 0 aromatic heterocycles. The van der Waals surface area contributed by atoms with Crippen LogP contribution in [0.2, 0.25) is 0 Å². The molecule has 5 fully saturated rings. The van der Waals surface area contributed by atoms with Crippen LogP contribution in [0.3, 0.4) is 0 Å². The topological polar surface area (TPSA) is 127 Å². The number of hydrogen-bond acceptors (Lipinski definition) is 10. The molecule has 2 saturated carbocycles. The molecule has 2 spiro atoms. The molecule has 3 aliphatic heterocycles. The number of cyclic esters (lactones) is 1. The van der Waals surface area contributed by atoms with Gasteiger partial charge < -0.3 is 28.4 Å². The Labute approximate surface area is 223 Å². The first kappa shape index (κ1) is 27.4. The minimum atomic E-state index is -0.959. The number of carbonyl (C=O) groups is 4. The van der Waals surface area contributed by atoms with E-state index >= 15 is 0 Å². The van der Waals surface area contributed by atoms with E-state index in [-0.39, 0.29) is 49.8 Å². The average molecular weight is 537 g/mol. The summed E-state index contributed by atoms with van der Waals surface area (Å²) in [7, 11) is 0. The second-order valence-corrected chi connectivity index (χ2v) is 12.8. The minimum absolute atomic E-state index is 0.0221. The first-order valence-electron chi connectivity index (χ1n) is 13.7. The zero-order valence-electron chi connectivity index (χ0n) is 23.3. The molecule has 0 N–H and O–H groups in total. The van der Waals surface area contributed by atoms with Crippen LogP contribution in [0.4, 0.5) is 0 Å². The number of rotatable bonds is 5. The van der Waals surface area contributed by atoms with Crippen molar-refractivity contribution in [2.45, 2.75) is 109 Å². The van der Waals surface area contributed by atoms with Gasteiger partial charge in [0, 0.05) is 32.1 Å². The van der Waals surface area contributed by atoms with Gasteiger partial charge >= 0.3 is 23.9 Å². The second kappa shape index (κ2) is 8.91. The number of fused-ring (bicyclic) bond motifs is 4. The SMILES string of the molecule is CC(=O)OC[C@@]12[C@@H](OC(=O)C(C)C)C[C@]3(C)O[C@@]4(COC(=O)C4)C[C@H](OC(C)=O)[C@]3(C)[C@H]1CCC[C@]21CO1. The maximum absolute atomic E-state index is 13.1. The van der Waals surface area contributed by atoms with Gasteiger partial charge in [-0.2, -0.15) is 0 Å². The van der Waals surface area contributed by atoms with Crippen molar-refractivity contribution in [1.82, 2.24) is 0 Å². The van der Waals surface area contributed by atoms with Crippen LogP contribution in [0.5, 0.6) is 0 Å². The normalized spacial score (nSPS) is 45.2. The molecule has 3 heterocycles. The summed E-state index contributed by atoms with van der Waals surface area (Å²) in [6.07, 6.45) is 1.65. The van der Waals surface area contributed by atoms with Crippen molar-refractivity contribution in [1.29, 1.82) is 0 Å². The van der Waals surface area contributed by atoms with Crippen molar-refractivity contribution in [2.75, 3.05) is 19.8 Å². The molecule has 0 radical (unpaired) electrons. The van der Waals surface area contributed by atoms with Gasteiger partial charge in [-0.25, -0.2) is 0 Å². The van der Waals surface area contributed by atoms with E-state index in [2.05, 4.69) is 6.92 Å². The van der Waals surface area contributed by atoms with Crippen LogP contribution in [0, 0.1) is 22.7 Å². The highest BCUT2D eigenvalue weighted by atomic mass is 16.6. The summed E-state index contributed by atoms with van der Waals surface area (Å²) >= 11 is 0. The number of esters is 4. The maximum atomic E-state index is 13.1. The van der Waals surface area contributed by atoms with E-state index < -0.39 is 51.8 Å². The van der Waals surface area contributed by atoms with E-state index in [0.29, 0.717) is 13.0 Å². The van der Waals surface area contributed by atoms with Crippen LogP contribution in [0.1, 0.15) is 80.1 Å². The Balaban J connectivity index is 1.68. The quantitative estimate of drug-likeness (QED) is 0.294. The molecule has 3 saturated heterocycles. The summed E-state index contributed by atoms with van der Waals surface area (Å²) in [4.78, 5) is 50.0. The third-order valence-electron chi connectivity index (χ3n) is 10.2. The molecule has 38 heavy (non-hydrogen) atoms. The Kier molecular flexibility index (Phi) is 6.42. The van der Waals surface area contributed by atoms with Crippen LogP contribution in [0.15, 0.2) is 0 Å². The predicted octanol–water partition coefficient (Wildman–Crippen LogP) is 2.88. The van der Waals surface area contributed by atoms with Gasteiger partial charge in [-0.05, 0) is 25.7 Å². The largest absolute Gasteiger partial charge is 0.465 e. The molecule has 212 valence electrons. The lowest BCUT2D eigenvalue weighted by atomic mass is 9.40. The molecule has 0 bridgehead atoms. The Morgan fingerprint density at radius 3 is 2.29 bits per heavy atom. The van der Waals surface area contributed by atoms with Crippen LogP contribution in [-0.4, -0.2) is 72.7 Å². The fourth-order valence-corrected chi connectivity index (χ4v) is 8.27.